The summed E-state index contributed by atoms with van der Waals surface area (Å²) in [5.74, 6) is 0. The van der Waals surface area contributed by atoms with Gasteiger partial charge in [0.2, 0.25) is 5.13 Å². The molecule has 4 aromatic rings. The van der Waals surface area contributed by atoms with Crippen LogP contribution in [0.3, 0.4) is 0 Å². The summed E-state index contributed by atoms with van der Waals surface area (Å²) in [5, 5.41) is 3.89. The van der Waals surface area contributed by atoms with Crippen molar-refractivity contribution in [3.63, 3.8) is 0 Å². The van der Waals surface area contributed by atoms with E-state index in [1.165, 1.54) is 16.0 Å². The lowest BCUT2D eigenvalue weighted by Crippen LogP contribution is -2.37. The number of morpholine rings is 1. The molecule has 31 heavy (non-hydrogen) atoms. The van der Waals surface area contributed by atoms with Crippen LogP contribution in [0, 0.1) is 0 Å². The van der Waals surface area contributed by atoms with Gasteiger partial charge in [-0.3, -0.25) is 19.8 Å². The van der Waals surface area contributed by atoms with Gasteiger partial charge in [0.05, 0.1) is 41.2 Å². The van der Waals surface area contributed by atoms with Crippen LogP contribution in [0.1, 0.15) is 5.56 Å². The molecule has 5 rings (SSSR count). The molecule has 1 N–H and O–H groups in total. The predicted molar refractivity (Wildman–Crippen MR) is 125 cm³/mol. The quantitative estimate of drug-likeness (QED) is 0.474. The number of fused-ring (bicyclic) bond motifs is 1. The maximum atomic E-state index is 13.3. The zero-order valence-corrected chi connectivity index (χ0v) is 17.8. The number of H-pyrrole nitrogens is 1. The topological polar surface area (TPSA) is 75.5 Å². The van der Waals surface area contributed by atoms with Gasteiger partial charge >= 0.3 is 0 Å². The van der Waals surface area contributed by atoms with Gasteiger partial charge in [0.25, 0.3) is 5.56 Å². The third-order valence-corrected chi connectivity index (χ3v) is 6.35. The van der Waals surface area contributed by atoms with Gasteiger partial charge in [0, 0.05) is 31.4 Å². The molecule has 1 aliphatic heterocycles. The predicted octanol–water partition coefficient (Wildman–Crippen LogP) is 3.19. The lowest BCUT2D eigenvalue weighted by Gasteiger charge is -2.25. The first-order valence-electron chi connectivity index (χ1n) is 10.4. The highest BCUT2D eigenvalue weighted by Gasteiger charge is 2.18. The molecule has 2 aromatic carbocycles. The van der Waals surface area contributed by atoms with Crippen molar-refractivity contribution in [1.29, 1.82) is 0 Å². The molecule has 1 saturated heterocycles. The smallest absolute Gasteiger partial charge is 0.282 e. The van der Waals surface area contributed by atoms with Crippen molar-refractivity contribution < 1.29 is 4.74 Å². The van der Waals surface area contributed by atoms with Gasteiger partial charge in [-0.2, -0.15) is 4.68 Å². The SMILES string of the molecule is O=c1c(C=NCCN2CCOCC2)c(-c2ccccc2)[nH]n1-c1nc2ccccc2s1. The molecule has 7 nitrogen and oxygen atoms in total. The molecule has 158 valence electrons. The number of aliphatic imine (C=N–C) groups is 1. The van der Waals surface area contributed by atoms with E-state index in [0.29, 0.717) is 17.2 Å². The van der Waals surface area contributed by atoms with Gasteiger partial charge in [-0.1, -0.05) is 53.8 Å². The Morgan fingerprint density at radius 2 is 1.87 bits per heavy atom. The molecule has 8 heteroatoms. The Hall–Kier alpha value is -3.07. The number of hydrogen-bond acceptors (Lipinski definition) is 6. The Labute approximate surface area is 183 Å². The van der Waals surface area contributed by atoms with Gasteiger partial charge < -0.3 is 4.74 Å². The van der Waals surface area contributed by atoms with Gasteiger partial charge in [-0.05, 0) is 12.1 Å². The summed E-state index contributed by atoms with van der Waals surface area (Å²) in [4.78, 5) is 24.9. The Bertz CT molecular complexity index is 1220. The molecule has 0 radical (unpaired) electrons. The minimum Gasteiger partial charge on any atom is -0.379 e. The Balaban J connectivity index is 1.48. The third kappa shape index (κ3) is 4.23. The zero-order chi connectivity index (χ0) is 21.0. The lowest BCUT2D eigenvalue weighted by molar-refractivity contribution is 0.0395. The van der Waals surface area contributed by atoms with Crippen molar-refractivity contribution in [3.8, 4) is 16.4 Å². The first-order chi connectivity index (χ1) is 15.3. The number of hydrogen-bond donors (Lipinski definition) is 1. The summed E-state index contributed by atoms with van der Waals surface area (Å²) >= 11 is 1.49. The summed E-state index contributed by atoms with van der Waals surface area (Å²) < 4.78 is 7.96. The van der Waals surface area contributed by atoms with Crippen LogP contribution in [0.25, 0.3) is 26.6 Å². The molecule has 0 aliphatic carbocycles. The minimum absolute atomic E-state index is 0.145. The van der Waals surface area contributed by atoms with Crippen molar-refractivity contribution in [1.82, 2.24) is 19.7 Å². The number of nitrogens with one attached hydrogen (secondary N) is 1. The lowest BCUT2D eigenvalue weighted by atomic mass is 10.1. The second kappa shape index (κ2) is 8.97. The number of rotatable bonds is 6. The number of benzene rings is 2. The Morgan fingerprint density at radius 3 is 2.68 bits per heavy atom. The largest absolute Gasteiger partial charge is 0.379 e. The standard InChI is InChI=1S/C23H23N5O2S/c29-22-18(16-24-10-11-27-12-14-30-15-13-27)21(17-6-2-1-3-7-17)26-28(22)23-25-19-8-4-5-9-20(19)31-23/h1-9,16,26H,10-15H2. The summed E-state index contributed by atoms with van der Waals surface area (Å²) in [7, 11) is 0. The van der Waals surface area contributed by atoms with E-state index in [1.807, 2.05) is 54.6 Å². The fourth-order valence-corrected chi connectivity index (χ4v) is 4.59. The van der Waals surface area contributed by atoms with Gasteiger partial charge in [0.15, 0.2) is 0 Å². The van der Waals surface area contributed by atoms with E-state index in [2.05, 4.69) is 20.0 Å². The fraction of sp³-hybridized carbons (Fsp3) is 0.261. The van der Waals surface area contributed by atoms with Gasteiger partial charge in [0.1, 0.15) is 0 Å². The molecule has 0 atom stereocenters. The average Bonchev–Trinajstić information content (AvgIpc) is 3.39. The second-order valence-electron chi connectivity index (χ2n) is 7.36. The second-order valence-corrected chi connectivity index (χ2v) is 8.37. The molecular formula is C23H23N5O2S. The van der Waals surface area contributed by atoms with Crippen LogP contribution in [-0.2, 0) is 4.74 Å². The van der Waals surface area contributed by atoms with E-state index in [9.17, 15) is 4.79 Å². The van der Waals surface area contributed by atoms with Crippen molar-refractivity contribution >= 4 is 27.8 Å². The van der Waals surface area contributed by atoms with Crippen LogP contribution in [0.2, 0.25) is 0 Å². The highest BCUT2D eigenvalue weighted by atomic mass is 32.1. The highest BCUT2D eigenvalue weighted by Crippen LogP contribution is 2.25. The monoisotopic (exact) mass is 433 g/mol. The van der Waals surface area contributed by atoms with Crippen LogP contribution >= 0.6 is 11.3 Å². The Morgan fingerprint density at radius 1 is 1.10 bits per heavy atom. The van der Waals surface area contributed by atoms with Crippen molar-refractivity contribution in [2.45, 2.75) is 0 Å². The maximum absolute atomic E-state index is 13.3. The van der Waals surface area contributed by atoms with Gasteiger partial charge in [-0.25, -0.2) is 4.98 Å². The molecule has 1 fully saturated rings. The number of para-hydroxylation sites is 1. The molecule has 0 bridgehead atoms. The number of ether oxygens (including phenoxy) is 1. The van der Waals surface area contributed by atoms with Crippen LogP contribution in [0.5, 0.6) is 0 Å². The average molecular weight is 434 g/mol. The van der Waals surface area contributed by atoms with E-state index < -0.39 is 0 Å². The van der Waals surface area contributed by atoms with E-state index in [4.69, 9.17) is 4.74 Å². The van der Waals surface area contributed by atoms with Crippen molar-refractivity contribution in [3.05, 3.63) is 70.5 Å². The highest BCUT2D eigenvalue weighted by molar-refractivity contribution is 7.20. The third-order valence-electron chi connectivity index (χ3n) is 5.33. The summed E-state index contributed by atoms with van der Waals surface area (Å²) in [6.07, 6.45) is 1.70. The molecule has 0 saturated carbocycles. The van der Waals surface area contributed by atoms with E-state index >= 15 is 0 Å². The number of nitrogens with zero attached hydrogens (tertiary/aromatic N) is 4. The number of thiazole rings is 1. The van der Waals surface area contributed by atoms with Crippen LogP contribution in [0.4, 0.5) is 0 Å². The van der Waals surface area contributed by atoms with Crippen molar-refractivity contribution in [2.75, 3.05) is 39.4 Å². The number of aromatic nitrogens is 3. The van der Waals surface area contributed by atoms with Crippen LogP contribution in [0.15, 0.2) is 64.4 Å². The molecule has 0 amide bonds. The van der Waals surface area contributed by atoms with E-state index in [1.54, 1.807) is 6.21 Å². The molecule has 0 spiro atoms. The van der Waals surface area contributed by atoms with Crippen molar-refractivity contribution in [2.24, 2.45) is 4.99 Å². The summed E-state index contributed by atoms with van der Waals surface area (Å²) in [5.41, 5.74) is 2.97. The zero-order valence-electron chi connectivity index (χ0n) is 17.0. The normalized spacial score (nSPS) is 15.2. The molecular weight excluding hydrogens is 410 g/mol. The molecule has 2 aromatic heterocycles. The summed E-state index contributed by atoms with van der Waals surface area (Å²) in [6, 6.07) is 17.7. The number of aromatic amines is 1. The molecule has 1 aliphatic rings. The molecule has 3 heterocycles. The minimum atomic E-state index is -0.145. The fourth-order valence-electron chi connectivity index (χ4n) is 3.66. The first-order valence-corrected chi connectivity index (χ1v) is 11.2. The van der Waals surface area contributed by atoms with E-state index in [0.717, 1.165) is 54.3 Å². The maximum Gasteiger partial charge on any atom is 0.282 e. The van der Waals surface area contributed by atoms with E-state index in [-0.39, 0.29) is 5.56 Å². The van der Waals surface area contributed by atoms with Gasteiger partial charge in [-0.15, -0.1) is 0 Å². The summed E-state index contributed by atoms with van der Waals surface area (Å²) in [6.45, 7) is 4.90. The van der Waals surface area contributed by atoms with Crippen LogP contribution < -0.4 is 5.56 Å². The Kier molecular flexibility index (Phi) is 5.75. The first kappa shape index (κ1) is 19.9. The molecule has 0 unspecified atom stereocenters. The van der Waals surface area contributed by atoms with Crippen LogP contribution in [-0.4, -0.2) is 65.3 Å².